The number of carbonyl (C=O) groups is 1. The van der Waals surface area contributed by atoms with Crippen LogP contribution in [0.1, 0.15) is 43.0 Å². The number of nitrogens with zero attached hydrogens (tertiary/aromatic N) is 1. The molecule has 20 heavy (non-hydrogen) atoms. The molecule has 2 rings (SSSR count). The summed E-state index contributed by atoms with van der Waals surface area (Å²) < 4.78 is 0. The molecule has 1 aliphatic rings. The summed E-state index contributed by atoms with van der Waals surface area (Å²) in [5.41, 5.74) is 0.255. The van der Waals surface area contributed by atoms with Gasteiger partial charge in [0.1, 0.15) is 5.69 Å². The van der Waals surface area contributed by atoms with Gasteiger partial charge in [0.15, 0.2) is 0 Å². The number of nitrogens with one attached hydrogen (secondary N) is 1. The lowest BCUT2D eigenvalue weighted by atomic mass is 9.99. The maximum Gasteiger partial charge on any atom is 0.335 e. The van der Waals surface area contributed by atoms with Crippen LogP contribution in [0, 0.1) is 16.0 Å². The van der Waals surface area contributed by atoms with Gasteiger partial charge in [-0.25, -0.2) is 4.79 Å². The molecule has 0 spiro atoms. The smallest absolute Gasteiger partial charge is 0.335 e. The molecule has 0 aromatic heterocycles. The van der Waals surface area contributed by atoms with Crippen LogP contribution < -0.4 is 5.32 Å². The van der Waals surface area contributed by atoms with Crippen molar-refractivity contribution in [3.8, 4) is 0 Å². The first-order chi connectivity index (χ1) is 9.49. The third-order valence-corrected chi connectivity index (χ3v) is 3.93. The number of carboxylic acid groups (broad SMARTS) is 1. The van der Waals surface area contributed by atoms with E-state index in [1.54, 1.807) is 0 Å². The molecule has 0 saturated heterocycles. The van der Waals surface area contributed by atoms with Crippen LogP contribution in [0.4, 0.5) is 11.4 Å². The van der Waals surface area contributed by atoms with Gasteiger partial charge >= 0.3 is 5.97 Å². The summed E-state index contributed by atoms with van der Waals surface area (Å²) in [5, 5.41) is 23.1. The number of hydrogen-bond donors (Lipinski definition) is 2. The molecule has 1 aromatic rings. The van der Waals surface area contributed by atoms with Crippen LogP contribution in [-0.4, -0.2) is 22.0 Å². The fraction of sp³-hybridized carbons (Fsp3) is 0.500. The first kappa shape index (κ1) is 14.3. The zero-order valence-electron chi connectivity index (χ0n) is 11.3. The number of carboxylic acids is 1. The average Bonchev–Trinajstić information content (AvgIpc) is 2.92. The van der Waals surface area contributed by atoms with Crippen molar-refractivity contribution in [3.63, 3.8) is 0 Å². The van der Waals surface area contributed by atoms with E-state index in [1.165, 1.54) is 31.0 Å². The van der Waals surface area contributed by atoms with Gasteiger partial charge in [-0.2, -0.15) is 0 Å². The summed E-state index contributed by atoms with van der Waals surface area (Å²) in [6.45, 7) is 1.99. The van der Waals surface area contributed by atoms with Gasteiger partial charge in [-0.15, -0.1) is 0 Å². The van der Waals surface area contributed by atoms with Crippen LogP contribution in [0.2, 0.25) is 0 Å². The monoisotopic (exact) mass is 278 g/mol. The number of rotatable bonds is 5. The van der Waals surface area contributed by atoms with Crippen molar-refractivity contribution < 1.29 is 14.8 Å². The molecular weight excluding hydrogens is 260 g/mol. The molecular formula is C14H18N2O4. The maximum atomic E-state index is 11.0. The molecule has 108 valence electrons. The SMILES string of the molecule is CC(Nc1cc(C(=O)O)ccc1[N+](=O)[O-])C1CCCC1. The summed E-state index contributed by atoms with van der Waals surface area (Å²) in [4.78, 5) is 21.5. The van der Waals surface area contributed by atoms with Gasteiger partial charge in [-0.3, -0.25) is 10.1 Å². The molecule has 1 aliphatic carbocycles. The second-order valence-corrected chi connectivity index (χ2v) is 5.27. The highest BCUT2D eigenvalue weighted by atomic mass is 16.6. The van der Waals surface area contributed by atoms with Gasteiger partial charge in [-0.05, 0) is 37.8 Å². The quantitative estimate of drug-likeness (QED) is 0.637. The highest BCUT2D eigenvalue weighted by Gasteiger charge is 2.24. The van der Waals surface area contributed by atoms with Crippen LogP contribution in [-0.2, 0) is 0 Å². The molecule has 1 saturated carbocycles. The summed E-state index contributed by atoms with van der Waals surface area (Å²) in [5.74, 6) is -0.598. The number of aromatic carboxylic acids is 1. The molecule has 2 N–H and O–H groups in total. The van der Waals surface area contributed by atoms with Crippen molar-refractivity contribution in [2.24, 2.45) is 5.92 Å². The summed E-state index contributed by atoms with van der Waals surface area (Å²) in [6.07, 6.45) is 4.60. The molecule has 1 aromatic carbocycles. The van der Waals surface area contributed by atoms with E-state index in [9.17, 15) is 14.9 Å². The topological polar surface area (TPSA) is 92.5 Å². The van der Waals surface area contributed by atoms with Crippen LogP contribution in [0.15, 0.2) is 18.2 Å². The van der Waals surface area contributed by atoms with Crippen molar-refractivity contribution in [1.82, 2.24) is 0 Å². The van der Waals surface area contributed by atoms with Gasteiger partial charge in [0, 0.05) is 12.1 Å². The Morgan fingerprint density at radius 2 is 2.10 bits per heavy atom. The minimum Gasteiger partial charge on any atom is -0.478 e. The standard InChI is InChI=1S/C14H18N2O4/c1-9(10-4-2-3-5-10)15-12-8-11(14(17)18)6-7-13(12)16(19)20/h6-10,15H,2-5H2,1H3,(H,17,18). The second kappa shape index (κ2) is 5.90. The van der Waals surface area contributed by atoms with Gasteiger partial charge in [0.25, 0.3) is 5.69 Å². The molecule has 6 heteroatoms. The van der Waals surface area contributed by atoms with Crippen molar-refractivity contribution in [2.45, 2.75) is 38.6 Å². The lowest BCUT2D eigenvalue weighted by Crippen LogP contribution is -2.24. The number of nitro groups is 1. The molecule has 0 aliphatic heterocycles. The zero-order chi connectivity index (χ0) is 14.7. The Balaban J connectivity index is 2.24. The zero-order valence-corrected chi connectivity index (χ0v) is 11.3. The number of anilines is 1. The van der Waals surface area contributed by atoms with Gasteiger partial charge in [0.2, 0.25) is 0 Å². The third kappa shape index (κ3) is 3.07. The van der Waals surface area contributed by atoms with E-state index in [4.69, 9.17) is 5.11 Å². The Kier molecular flexibility index (Phi) is 4.22. The highest BCUT2D eigenvalue weighted by molar-refractivity contribution is 5.90. The molecule has 0 bridgehead atoms. The molecule has 1 fully saturated rings. The van der Waals surface area contributed by atoms with E-state index < -0.39 is 10.9 Å². The number of nitro benzene ring substituents is 1. The van der Waals surface area contributed by atoms with Crippen LogP contribution in [0.3, 0.4) is 0 Å². The third-order valence-electron chi connectivity index (χ3n) is 3.93. The van der Waals surface area contributed by atoms with Gasteiger partial charge in [-0.1, -0.05) is 12.8 Å². The van der Waals surface area contributed by atoms with Gasteiger partial charge < -0.3 is 10.4 Å². The fourth-order valence-electron chi connectivity index (χ4n) is 2.76. The average molecular weight is 278 g/mol. The van der Waals surface area contributed by atoms with Crippen molar-refractivity contribution in [3.05, 3.63) is 33.9 Å². The predicted molar refractivity (Wildman–Crippen MR) is 75.1 cm³/mol. The Morgan fingerprint density at radius 1 is 1.45 bits per heavy atom. The normalized spacial score (nSPS) is 16.9. The minimum absolute atomic E-state index is 0.0525. The first-order valence-corrected chi connectivity index (χ1v) is 6.77. The summed E-state index contributed by atoms with van der Waals surface area (Å²) in [7, 11) is 0. The maximum absolute atomic E-state index is 11.0. The molecule has 0 radical (unpaired) electrons. The van der Waals surface area contributed by atoms with Crippen molar-refractivity contribution in [1.29, 1.82) is 0 Å². The van der Waals surface area contributed by atoms with E-state index in [0.717, 1.165) is 12.8 Å². The van der Waals surface area contributed by atoms with E-state index >= 15 is 0 Å². The number of benzene rings is 1. The Labute approximate surface area is 117 Å². The van der Waals surface area contributed by atoms with Crippen LogP contribution >= 0.6 is 0 Å². The largest absolute Gasteiger partial charge is 0.478 e. The van der Waals surface area contributed by atoms with Crippen molar-refractivity contribution in [2.75, 3.05) is 5.32 Å². The summed E-state index contributed by atoms with van der Waals surface area (Å²) >= 11 is 0. The molecule has 0 amide bonds. The first-order valence-electron chi connectivity index (χ1n) is 6.77. The molecule has 1 unspecified atom stereocenters. The molecule has 1 atom stereocenters. The lowest BCUT2D eigenvalue weighted by Gasteiger charge is -2.21. The van der Waals surface area contributed by atoms with E-state index in [0.29, 0.717) is 5.92 Å². The van der Waals surface area contributed by atoms with Crippen molar-refractivity contribution >= 4 is 17.3 Å². The minimum atomic E-state index is -1.09. The van der Waals surface area contributed by atoms with Crippen LogP contribution in [0.5, 0.6) is 0 Å². The van der Waals surface area contributed by atoms with Crippen LogP contribution in [0.25, 0.3) is 0 Å². The predicted octanol–water partition coefficient (Wildman–Crippen LogP) is 3.28. The highest BCUT2D eigenvalue weighted by Crippen LogP contribution is 2.32. The Morgan fingerprint density at radius 3 is 2.65 bits per heavy atom. The second-order valence-electron chi connectivity index (χ2n) is 5.27. The summed E-state index contributed by atoms with van der Waals surface area (Å²) in [6, 6.07) is 3.94. The number of hydrogen-bond acceptors (Lipinski definition) is 4. The Bertz CT molecular complexity index is 524. The lowest BCUT2D eigenvalue weighted by molar-refractivity contribution is -0.384. The van der Waals surface area contributed by atoms with Gasteiger partial charge in [0.05, 0.1) is 10.5 Å². The Hall–Kier alpha value is -2.11. The fourth-order valence-corrected chi connectivity index (χ4v) is 2.76. The van der Waals surface area contributed by atoms with E-state index in [-0.39, 0.29) is 23.0 Å². The molecule has 0 heterocycles. The van der Waals surface area contributed by atoms with E-state index in [1.807, 2.05) is 6.92 Å². The molecule has 6 nitrogen and oxygen atoms in total. The van der Waals surface area contributed by atoms with E-state index in [2.05, 4.69) is 5.32 Å².